The zero-order valence-corrected chi connectivity index (χ0v) is 16.1. The van der Waals surface area contributed by atoms with Crippen molar-refractivity contribution in [3.05, 3.63) is 102 Å². The Morgan fingerprint density at radius 3 is 2.30 bits per heavy atom. The topological polar surface area (TPSA) is 59.5 Å². The average molecular weight is 410 g/mol. The Morgan fingerprint density at radius 2 is 1.70 bits per heavy atom. The molecule has 1 saturated heterocycles. The van der Waals surface area contributed by atoms with Crippen LogP contribution in [0, 0.1) is 11.6 Å². The number of carbonyl (C=O) groups is 2. The van der Waals surface area contributed by atoms with Gasteiger partial charge in [0.1, 0.15) is 24.3 Å². The first kappa shape index (κ1) is 21.1. The average Bonchev–Trinajstić information content (AvgIpc) is 3.16. The van der Waals surface area contributed by atoms with Crippen LogP contribution in [-0.2, 0) is 16.0 Å². The standard InChI is InChI=1S/C17H15FN2O3.C6H5F/c18-14-10-19-9-8-12(14)6-7-16(21)20-15(11-23-17(20)22)13-4-2-1-3-5-13;7-6-4-2-1-3-5-6/h1-5,8-10,15H,6-7,11H2;1-5H. The molecule has 1 aliphatic rings. The number of aromatic nitrogens is 1. The van der Waals surface area contributed by atoms with Crippen LogP contribution in [0.25, 0.3) is 0 Å². The molecule has 1 fully saturated rings. The van der Waals surface area contributed by atoms with E-state index in [9.17, 15) is 18.4 Å². The summed E-state index contributed by atoms with van der Waals surface area (Å²) in [5.41, 5.74) is 1.24. The van der Waals surface area contributed by atoms with Crippen molar-refractivity contribution in [2.24, 2.45) is 0 Å². The molecule has 0 radical (unpaired) electrons. The van der Waals surface area contributed by atoms with Gasteiger partial charge in [-0.15, -0.1) is 0 Å². The van der Waals surface area contributed by atoms with Crippen molar-refractivity contribution < 1.29 is 23.1 Å². The van der Waals surface area contributed by atoms with E-state index in [1.165, 1.54) is 24.4 Å². The van der Waals surface area contributed by atoms with Crippen molar-refractivity contribution in [3.63, 3.8) is 0 Å². The van der Waals surface area contributed by atoms with E-state index in [-0.39, 0.29) is 31.2 Å². The molecule has 0 N–H and O–H groups in total. The Morgan fingerprint density at radius 1 is 1.03 bits per heavy atom. The zero-order chi connectivity index (χ0) is 21.3. The van der Waals surface area contributed by atoms with Crippen molar-refractivity contribution in [2.75, 3.05) is 6.61 Å². The lowest BCUT2D eigenvalue weighted by molar-refractivity contribution is -0.129. The van der Waals surface area contributed by atoms with Crippen LogP contribution in [-0.4, -0.2) is 28.5 Å². The third kappa shape index (κ3) is 5.47. The number of ether oxygens (including phenoxy) is 1. The van der Waals surface area contributed by atoms with Crippen LogP contribution < -0.4 is 0 Å². The maximum Gasteiger partial charge on any atom is 0.417 e. The van der Waals surface area contributed by atoms with E-state index in [0.29, 0.717) is 5.56 Å². The fourth-order valence-electron chi connectivity index (χ4n) is 3.00. The number of hydrogen-bond donors (Lipinski definition) is 0. The number of halogens is 2. The molecule has 0 saturated carbocycles. The van der Waals surface area contributed by atoms with Gasteiger partial charge >= 0.3 is 6.09 Å². The first-order valence-electron chi connectivity index (χ1n) is 9.39. The number of carbonyl (C=O) groups excluding carboxylic acids is 2. The minimum absolute atomic E-state index is 0.0271. The van der Waals surface area contributed by atoms with E-state index in [2.05, 4.69) is 4.98 Å². The van der Waals surface area contributed by atoms with Gasteiger partial charge < -0.3 is 4.74 Å². The highest BCUT2D eigenvalue weighted by Gasteiger charge is 2.38. The van der Waals surface area contributed by atoms with E-state index >= 15 is 0 Å². The van der Waals surface area contributed by atoms with Gasteiger partial charge in [0, 0.05) is 12.6 Å². The molecule has 2 heterocycles. The van der Waals surface area contributed by atoms with E-state index in [0.717, 1.165) is 16.7 Å². The zero-order valence-electron chi connectivity index (χ0n) is 16.1. The monoisotopic (exact) mass is 410 g/mol. The first-order valence-corrected chi connectivity index (χ1v) is 9.39. The molecular weight excluding hydrogens is 390 g/mol. The van der Waals surface area contributed by atoms with Crippen LogP contribution >= 0.6 is 0 Å². The van der Waals surface area contributed by atoms with Gasteiger partial charge in [-0.2, -0.15) is 0 Å². The number of amides is 2. The SMILES string of the molecule is Fc1ccccc1.O=C(CCc1ccncc1F)N1C(=O)OCC1c1ccccc1. The molecule has 2 amide bonds. The van der Waals surface area contributed by atoms with E-state index < -0.39 is 18.0 Å². The van der Waals surface area contributed by atoms with Gasteiger partial charge in [-0.1, -0.05) is 48.5 Å². The summed E-state index contributed by atoms with van der Waals surface area (Å²) in [4.78, 5) is 29.1. The molecule has 0 aliphatic carbocycles. The Bertz CT molecular complexity index is 984. The van der Waals surface area contributed by atoms with Crippen LogP contribution in [0.1, 0.15) is 23.6 Å². The lowest BCUT2D eigenvalue weighted by Gasteiger charge is -2.19. The first-order chi connectivity index (χ1) is 14.6. The summed E-state index contributed by atoms with van der Waals surface area (Å²) >= 11 is 0. The normalized spacial score (nSPS) is 15.2. The number of nitrogens with zero attached hydrogens (tertiary/aromatic N) is 2. The molecule has 5 nitrogen and oxygen atoms in total. The summed E-state index contributed by atoms with van der Waals surface area (Å²) in [6.45, 7) is 0.137. The summed E-state index contributed by atoms with van der Waals surface area (Å²) < 4.78 is 30.5. The number of hydrogen-bond acceptors (Lipinski definition) is 4. The predicted octanol–water partition coefficient (Wildman–Crippen LogP) is 4.70. The minimum atomic E-state index is -0.654. The largest absolute Gasteiger partial charge is 0.446 e. The van der Waals surface area contributed by atoms with Gasteiger partial charge in [0.25, 0.3) is 0 Å². The number of imide groups is 1. The molecular formula is C23H20F2N2O3. The third-order valence-electron chi connectivity index (χ3n) is 4.52. The van der Waals surface area contributed by atoms with Gasteiger partial charge in [0.15, 0.2) is 0 Å². The summed E-state index contributed by atoms with van der Waals surface area (Å²) in [5, 5.41) is 0. The van der Waals surface area contributed by atoms with Crippen LogP contribution in [0.3, 0.4) is 0 Å². The van der Waals surface area contributed by atoms with Crippen LogP contribution in [0.15, 0.2) is 79.1 Å². The highest BCUT2D eigenvalue weighted by molar-refractivity contribution is 5.93. The summed E-state index contributed by atoms with van der Waals surface area (Å²) in [5.74, 6) is -1.01. The quantitative estimate of drug-likeness (QED) is 0.626. The maximum absolute atomic E-state index is 13.6. The Kier molecular flexibility index (Phi) is 7.21. The number of rotatable bonds is 4. The lowest BCUT2D eigenvalue weighted by atomic mass is 10.1. The number of pyridine rings is 1. The molecule has 1 aromatic heterocycles. The fourth-order valence-corrected chi connectivity index (χ4v) is 3.00. The molecule has 4 rings (SSSR count). The van der Waals surface area contributed by atoms with Crippen LogP contribution in [0.5, 0.6) is 0 Å². The van der Waals surface area contributed by atoms with Crippen molar-refractivity contribution in [1.82, 2.24) is 9.88 Å². The molecule has 0 spiro atoms. The second kappa shape index (κ2) is 10.2. The van der Waals surface area contributed by atoms with Crippen molar-refractivity contribution in [2.45, 2.75) is 18.9 Å². The van der Waals surface area contributed by atoms with Crippen LogP contribution in [0.2, 0.25) is 0 Å². The smallest absolute Gasteiger partial charge is 0.417 e. The van der Waals surface area contributed by atoms with Crippen molar-refractivity contribution >= 4 is 12.0 Å². The molecule has 154 valence electrons. The molecule has 0 bridgehead atoms. The fraction of sp³-hybridized carbons (Fsp3) is 0.174. The van der Waals surface area contributed by atoms with Gasteiger partial charge in [-0.25, -0.2) is 18.5 Å². The molecule has 1 aliphatic heterocycles. The Hall–Kier alpha value is -3.61. The number of benzene rings is 2. The number of aryl methyl sites for hydroxylation is 1. The van der Waals surface area contributed by atoms with Gasteiger partial charge in [-0.3, -0.25) is 9.78 Å². The highest BCUT2D eigenvalue weighted by atomic mass is 19.1. The van der Waals surface area contributed by atoms with E-state index in [1.807, 2.05) is 30.3 Å². The second-order valence-electron chi connectivity index (χ2n) is 6.53. The van der Waals surface area contributed by atoms with Crippen molar-refractivity contribution in [3.8, 4) is 0 Å². The molecule has 1 unspecified atom stereocenters. The summed E-state index contributed by atoms with van der Waals surface area (Å²) in [7, 11) is 0. The highest BCUT2D eigenvalue weighted by Crippen LogP contribution is 2.28. The summed E-state index contributed by atoms with van der Waals surface area (Å²) in [6, 6.07) is 18.3. The number of cyclic esters (lactones) is 1. The maximum atomic E-state index is 13.6. The second-order valence-corrected chi connectivity index (χ2v) is 6.53. The third-order valence-corrected chi connectivity index (χ3v) is 4.52. The lowest BCUT2D eigenvalue weighted by Crippen LogP contribution is -2.34. The van der Waals surface area contributed by atoms with Gasteiger partial charge in [0.2, 0.25) is 5.91 Å². The molecule has 2 aromatic carbocycles. The summed E-state index contributed by atoms with van der Waals surface area (Å²) in [6.07, 6.45) is 2.16. The molecule has 1 atom stereocenters. The van der Waals surface area contributed by atoms with Crippen LogP contribution in [0.4, 0.5) is 13.6 Å². The Balaban J connectivity index is 0.000000310. The Labute approximate surface area is 172 Å². The molecule has 3 aromatic rings. The van der Waals surface area contributed by atoms with E-state index in [4.69, 9.17) is 4.74 Å². The molecule has 30 heavy (non-hydrogen) atoms. The predicted molar refractivity (Wildman–Crippen MR) is 106 cm³/mol. The van der Waals surface area contributed by atoms with Crippen molar-refractivity contribution in [1.29, 1.82) is 0 Å². The molecule has 7 heteroatoms. The minimum Gasteiger partial charge on any atom is -0.446 e. The van der Waals surface area contributed by atoms with Gasteiger partial charge in [-0.05, 0) is 35.7 Å². The van der Waals surface area contributed by atoms with E-state index in [1.54, 1.807) is 18.2 Å². The van der Waals surface area contributed by atoms with Gasteiger partial charge in [0.05, 0.1) is 6.20 Å².